The van der Waals surface area contributed by atoms with Crippen LogP contribution in [0.2, 0.25) is 0 Å². The summed E-state index contributed by atoms with van der Waals surface area (Å²) < 4.78 is 51.0. The number of alkyl halides is 2. The molecule has 16 heavy (non-hydrogen) atoms. The fraction of sp³-hybridized carbons (Fsp3) is 0.333. The van der Waals surface area contributed by atoms with Gasteiger partial charge in [-0.25, -0.2) is 17.6 Å². The zero-order chi connectivity index (χ0) is 12.3. The summed E-state index contributed by atoms with van der Waals surface area (Å²) in [6, 6.07) is 2.12. The van der Waals surface area contributed by atoms with E-state index in [0.717, 1.165) is 11.6 Å². The molecule has 0 spiro atoms. The number of halogens is 4. The standard InChI is InChI=1S/C12H12F4/c1-7(2)3-4-8-5-6-9(12(15)16)11(14)10(8)13/h3,5-6,12H,4H2,1-2H3. The van der Waals surface area contributed by atoms with E-state index in [4.69, 9.17) is 0 Å². The van der Waals surface area contributed by atoms with E-state index < -0.39 is 23.6 Å². The van der Waals surface area contributed by atoms with Crippen LogP contribution < -0.4 is 0 Å². The van der Waals surface area contributed by atoms with E-state index in [1.54, 1.807) is 6.08 Å². The lowest BCUT2D eigenvalue weighted by molar-refractivity contribution is 0.145. The van der Waals surface area contributed by atoms with Gasteiger partial charge >= 0.3 is 0 Å². The zero-order valence-corrected chi connectivity index (χ0v) is 9.03. The lowest BCUT2D eigenvalue weighted by Crippen LogP contribution is -1.99. The van der Waals surface area contributed by atoms with Gasteiger partial charge in [0.25, 0.3) is 6.43 Å². The van der Waals surface area contributed by atoms with Crippen molar-refractivity contribution in [2.24, 2.45) is 0 Å². The number of rotatable bonds is 3. The Labute approximate surface area is 91.6 Å². The van der Waals surface area contributed by atoms with E-state index in [-0.39, 0.29) is 12.0 Å². The molecular weight excluding hydrogens is 220 g/mol. The monoisotopic (exact) mass is 232 g/mol. The molecule has 0 unspecified atom stereocenters. The first-order valence-electron chi connectivity index (χ1n) is 4.81. The van der Waals surface area contributed by atoms with Crippen molar-refractivity contribution in [1.82, 2.24) is 0 Å². The predicted molar refractivity (Wildman–Crippen MR) is 54.5 cm³/mol. The lowest BCUT2D eigenvalue weighted by atomic mass is 10.1. The molecular formula is C12H12F4. The maximum atomic E-state index is 13.3. The van der Waals surface area contributed by atoms with Crippen LogP contribution in [-0.2, 0) is 6.42 Å². The van der Waals surface area contributed by atoms with Crippen LogP contribution in [0, 0.1) is 11.6 Å². The third-order valence-electron chi connectivity index (χ3n) is 2.16. The van der Waals surface area contributed by atoms with Crippen LogP contribution in [0.25, 0.3) is 0 Å². The fourth-order valence-corrected chi connectivity index (χ4v) is 1.24. The summed E-state index contributed by atoms with van der Waals surface area (Å²) in [5, 5.41) is 0. The third-order valence-corrected chi connectivity index (χ3v) is 2.16. The molecule has 0 aliphatic carbocycles. The van der Waals surface area contributed by atoms with Crippen LogP contribution in [0.15, 0.2) is 23.8 Å². The molecule has 0 heterocycles. The van der Waals surface area contributed by atoms with Gasteiger partial charge in [0.1, 0.15) is 0 Å². The summed E-state index contributed by atoms with van der Waals surface area (Å²) in [4.78, 5) is 0. The van der Waals surface area contributed by atoms with Crippen LogP contribution in [-0.4, -0.2) is 0 Å². The van der Waals surface area contributed by atoms with Gasteiger partial charge in [0.2, 0.25) is 0 Å². The number of benzene rings is 1. The van der Waals surface area contributed by atoms with Gasteiger partial charge in [-0.1, -0.05) is 17.7 Å². The molecule has 1 rings (SSSR count). The Balaban J connectivity index is 3.07. The Morgan fingerprint density at radius 3 is 2.31 bits per heavy atom. The predicted octanol–water partition coefficient (Wildman–Crippen LogP) is 4.41. The minimum absolute atomic E-state index is 0.0862. The van der Waals surface area contributed by atoms with Crippen LogP contribution in [0.1, 0.15) is 31.4 Å². The van der Waals surface area contributed by atoms with Gasteiger partial charge in [0, 0.05) is 0 Å². The van der Waals surface area contributed by atoms with Crippen LogP contribution in [0.5, 0.6) is 0 Å². The minimum atomic E-state index is -2.99. The molecule has 4 heteroatoms. The molecule has 0 saturated heterocycles. The molecule has 88 valence electrons. The smallest absolute Gasteiger partial charge is 0.205 e. The first kappa shape index (κ1) is 12.7. The summed E-state index contributed by atoms with van der Waals surface area (Å²) in [7, 11) is 0. The average molecular weight is 232 g/mol. The highest BCUT2D eigenvalue weighted by molar-refractivity contribution is 5.28. The highest BCUT2D eigenvalue weighted by Gasteiger charge is 2.18. The lowest BCUT2D eigenvalue weighted by Gasteiger charge is -2.06. The Hall–Kier alpha value is -1.32. The van der Waals surface area contributed by atoms with Crippen molar-refractivity contribution in [3.63, 3.8) is 0 Å². The van der Waals surface area contributed by atoms with E-state index in [2.05, 4.69) is 0 Å². The number of hydrogen-bond donors (Lipinski definition) is 0. The summed E-state index contributed by atoms with van der Waals surface area (Å²) >= 11 is 0. The zero-order valence-electron chi connectivity index (χ0n) is 9.03. The number of allylic oxidation sites excluding steroid dienone is 2. The topological polar surface area (TPSA) is 0 Å². The van der Waals surface area contributed by atoms with Crippen LogP contribution >= 0.6 is 0 Å². The van der Waals surface area contributed by atoms with E-state index in [1.807, 2.05) is 13.8 Å². The molecule has 0 aromatic heterocycles. The summed E-state index contributed by atoms with van der Waals surface area (Å²) in [6.45, 7) is 3.64. The fourth-order valence-electron chi connectivity index (χ4n) is 1.24. The van der Waals surface area contributed by atoms with Gasteiger partial charge in [-0.05, 0) is 31.9 Å². The Morgan fingerprint density at radius 1 is 1.19 bits per heavy atom. The van der Waals surface area contributed by atoms with E-state index in [0.29, 0.717) is 0 Å². The van der Waals surface area contributed by atoms with E-state index >= 15 is 0 Å². The molecule has 1 aromatic carbocycles. The minimum Gasteiger partial charge on any atom is -0.205 e. The van der Waals surface area contributed by atoms with Crippen molar-refractivity contribution in [3.8, 4) is 0 Å². The van der Waals surface area contributed by atoms with E-state index in [9.17, 15) is 17.6 Å². The van der Waals surface area contributed by atoms with Gasteiger partial charge in [0.15, 0.2) is 11.6 Å². The molecule has 0 amide bonds. The van der Waals surface area contributed by atoms with Gasteiger partial charge in [-0.15, -0.1) is 0 Å². The van der Waals surface area contributed by atoms with Crippen molar-refractivity contribution in [2.45, 2.75) is 26.7 Å². The Bertz CT molecular complexity index is 404. The summed E-state index contributed by atoms with van der Waals surface area (Å²) in [6.07, 6.45) is -1.08. The molecule has 0 radical (unpaired) electrons. The van der Waals surface area contributed by atoms with Gasteiger partial charge in [0.05, 0.1) is 5.56 Å². The largest absolute Gasteiger partial charge is 0.266 e. The summed E-state index contributed by atoms with van der Waals surface area (Å²) in [5.74, 6) is -2.63. The normalized spacial score (nSPS) is 10.7. The highest BCUT2D eigenvalue weighted by Crippen LogP contribution is 2.25. The molecule has 0 bridgehead atoms. The maximum Gasteiger partial charge on any atom is 0.266 e. The highest BCUT2D eigenvalue weighted by atomic mass is 19.3. The SMILES string of the molecule is CC(C)=CCc1ccc(C(F)F)c(F)c1F. The molecule has 0 atom stereocenters. The molecule has 1 aromatic rings. The van der Waals surface area contributed by atoms with Crippen molar-refractivity contribution in [3.05, 3.63) is 46.5 Å². The van der Waals surface area contributed by atoms with Crippen molar-refractivity contribution in [1.29, 1.82) is 0 Å². The quantitative estimate of drug-likeness (QED) is 0.535. The third kappa shape index (κ3) is 2.84. The number of hydrogen-bond acceptors (Lipinski definition) is 0. The van der Waals surface area contributed by atoms with Gasteiger partial charge < -0.3 is 0 Å². The summed E-state index contributed by atoms with van der Waals surface area (Å²) in [5.41, 5.74) is 0.152. The Morgan fingerprint density at radius 2 is 1.81 bits per heavy atom. The first-order chi connectivity index (χ1) is 7.43. The molecule has 0 saturated carbocycles. The Kier molecular flexibility index (Phi) is 4.10. The van der Waals surface area contributed by atoms with Gasteiger partial charge in [-0.3, -0.25) is 0 Å². The van der Waals surface area contributed by atoms with Crippen LogP contribution in [0.3, 0.4) is 0 Å². The first-order valence-corrected chi connectivity index (χ1v) is 4.81. The second-order valence-corrected chi connectivity index (χ2v) is 3.73. The van der Waals surface area contributed by atoms with Crippen LogP contribution in [0.4, 0.5) is 17.6 Å². The van der Waals surface area contributed by atoms with E-state index in [1.165, 1.54) is 6.07 Å². The van der Waals surface area contributed by atoms with Crippen molar-refractivity contribution >= 4 is 0 Å². The molecule has 0 fully saturated rings. The molecule has 0 nitrogen and oxygen atoms in total. The van der Waals surface area contributed by atoms with Crippen molar-refractivity contribution < 1.29 is 17.6 Å². The molecule has 0 N–H and O–H groups in total. The van der Waals surface area contributed by atoms with Crippen molar-refractivity contribution in [2.75, 3.05) is 0 Å². The molecule has 0 aliphatic rings. The molecule has 0 aliphatic heterocycles. The second-order valence-electron chi connectivity index (χ2n) is 3.73. The maximum absolute atomic E-state index is 13.3. The average Bonchev–Trinajstić information content (AvgIpc) is 2.19. The van der Waals surface area contributed by atoms with Gasteiger partial charge in [-0.2, -0.15) is 0 Å². The second kappa shape index (κ2) is 5.14.